The third-order valence-corrected chi connectivity index (χ3v) is 7.13. The van der Waals surface area contributed by atoms with Gasteiger partial charge in [0.25, 0.3) is 0 Å². The molecule has 4 nitrogen and oxygen atoms in total. The second kappa shape index (κ2) is 9.15. The van der Waals surface area contributed by atoms with E-state index in [1.54, 1.807) is 11.3 Å². The molecule has 2 aromatic carbocycles. The van der Waals surface area contributed by atoms with Crippen molar-refractivity contribution in [2.45, 2.75) is 52.4 Å². The number of hydrogen-bond acceptors (Lipinski definition) is 4. The van der Waals surface area contributed by atoms with Crippen molar-refractivity contribution < 1.29 is 4.92 Å². The molecule has 0 amide bonds. The number of rotatable bonds is 6. The zero-order valence-electron chi connectivity index (χ0n) is 18.2. The Bertz CT molecular complexity index is 1150. The van der Waals surface area contributed by atoms with Crippen molar-refractivity contribution in [3.05, 3.63) is 91.5 Å². The van der Waals surface area contributed by atoms with Gasteiger partial charge in [0.1, 0.15) is 5.01 Å². The average molecular weight is 433 g/mol. The molecule has 1 aromatic heterocycles. The molecule has 0 atom stereocenters. The zero-order valence-corrected chi connectivity index (χ0v) is 19.1. The van der Waals surface area contributed by atoms with Crippen LogP contribution in [0.15, 0.2) is 42.3 Å². The van der Waals surface area contributed by atoms with Gasteiger partial charge in [-0.2, -0.15) is 0 Å². The van der Waals surface area contributed by atoms with Crippen LogP contribution in [0, 0.1) is 24.0 Å². The Morgan fingerprint density at radius 3 is 2.65 bits per heavy atom. The summed E-state index contributed by atoms with van der Waals surface area (Å²) in [5, 5.41) is 13.9. The Kier molecular flexibility index (Phi) is 6.33. The summed E-state index contributed by atoms with van der Waals surface area (Å²) in [6.45, 7) is 8.39. The van der Waals surface area contributed by atoms with E-state index in [4.69, 9.17) is 4.98 Å². The number of nitro groups is 1. The lowest BCUT2D eigenvalue weighted by molar-refractivity contribution is -0.479. The van der Waals surface area contributed by atoms with E-state index in [9.17, 15) is 10.1 Å². The van der Waals surface area contributed by atoms with Gasteiger partial charge in [-0.25, -0.2) is 4.98 Å². The van der Waals surface area contributed by atoms with Crippen molar-refractivity contribution in [3.8, 4) is 10.6 Å². The van der Waals surface area contributed by atoms with E-state index in [0.717, 1.165) is 41.1 Å². The standard InChI is InChI=1S/C26H28N2O2S/c1-17-6-4-5-7-20-8-9-22(15-25(17)20)26-27-24(16-31-26)14-23-13-18(2)21(12-19(23)3)10-11-28(29)30/h8-9,12-13,15-16H,1,4-7,10-11,14H2,2-3H3. The lowest BCUT2D eigenvalue weighted by Gasteiger charge is -2.11. The number of nitrogens with zero attached hydrogens (tertiary/aromatic N) is 2. The normalized spacial score (nSPS) is 13.7. The molecule has 0 saturated heterocycles. The van der Waals surface area contributed by atoms with Gasteiger partial charge in [-0.05, 0) is 84.6 Å². The molecule has 4 rings (SSSR count). The van der Waals surface area contributed by atoms with E-state index < -0.39 is 0 Å². The highest BCUT2D eigenvalue weighted by Gasteiger charge is 2.14. The number of allylic oxidation sites excluding steroid dienone is 1. The van der Waals surface area contributed by atoms with Crippen molar-refractivity contribution in [1.29, 1.82) is 0 Å². The van der Waals surface area contributed by atoms with Gasteiger partial charge in [-0.15, -0.1) is 11.3 Å². The highest BCUT2D eigenvalue weighted by molar-refractivity contribution is 7.13. The van der Waals surface area contributed by atoms with Crippen LogP contribution in [-0.4, -0.2) is 16.5 Å². The van der Waals surface area contributed by atoms with Crippen LogP contribution in [-0.2, 0) is 19.3 Å². The van der Waals surface area contributed by atoms with Crippen molar-refractivity contribution in [2.24, 2.45) is 0 Å². The molecule has 3 aromatic rings. The molecule has 160 valence electrons. The van der Waals surface area contributed by atoms with Gasteiger partial charge < -0.3 is 0 Å². The Morgan fingerprint density at radius 1 is 1.10 bits per heavy atom. The summed E-state index contributed by atoms with van der Waals surface area (Å²) in [6, 6.07) is 11.0. The summed E-state index contributed by atoms with van der Waals surface area (Å²) >= 11 is 1.69. The first-order chi connectivity index (χ1) is 14.9. The van der Waals surface area contributed by atoms with Gasteiger partial charge >= 0.3 is 0 Å². The summed E-state index contributed by atoms with van der Waals surface area (Å²) < 4.78 is 0. The molecule has 5 heteroatoms. The van der Waals surface area contributed by atoms with Gasteiger partial charge in [0.05, 0.1) is 5.69 Å². The van der Waals surface area contributed by atoms with Crippen LogP contribution in [0.3, 0.4) is 0 Å². The minimum atomic E-state index is -0.253. The predicted molar refractivity (Wildman–Crippen MR) is 128 cm³/mol. The van der Waals surface area contributed by atoms with E-state index in [-0.39, 0.29) is 11.5 Å². The molecule has 1 heterocycles. The van der Waals surface area contributed by atoms with Crippen LogP contribution in [0.2, 0.25) is 0 Å². The Balaban J connectivity index is 1.54. The molecule has 0 spiro atoms. The van der Waals surface area contributed by atoms with E-state index >= 15 is 0 Å². The van der Waals surface area contributed by atoms with Gasteiger partial charge in [-0.3, -0.25) is 10.1 Å². The first kappa shape index (κ1) is 21.4. The molecular formula is C26H28N2O2S. The fraction of sp³-hybridized carbons (Fsp3) is 0.346. The fourth-order valence-corrected chi connectivity index (χ4v) is 5.19. The van der Waals surface area contributed by atoms with Gasteiger partial charge in [0.15, 0.2) is 0 Å². The molecule has 0 unspecified atom stereocenters. The summed E-state index contributed by atoms with van der Waals surface area (Å²) in [5.41, 5.74) is 10.8. The van der Waals surface area contributed by atoms with E-state index in [0.29, 0.717) is 6.42 Å². The van der Waals surface area contributed by atoms with Crippen LogP contribution in [0.1, 0.15) is 58.3 Å². The maximum absolute atomic E-state index is 10.7. The SMILES string of the molecule is C=C1CCCCc2ccc(-c3nc(Cc4cc(C)c(CC[N+](=O)[O-])cc4C)cs3)cc21. The van der Waals surface area contributed by atoms with Crippen molar-refractivity contribution >= 4 is 16.9 Å². The second-order valence-electron chi connectivity index (χ2n) is 8.51. The summed E-state index contributed by atoms with van der Waals surface area (Å²) in [7, 11) is 0. The first-order valence-electron chi connectivity index (χ1n) is 10.9. The zero-order chi connectivity index (χ0) is 22.0. The predicted octanol–water partition coefficient (Wildman–Crippen LogP) is 6.58. The molecule has 31 heavy (non-hydrogen) atoms. The van der Waals surface area contributed by atoms with E-state index in [1.165, 1.54) is 46.2 Å². The molecule has 0 bridgehead atoms. The van der Waals surface area contributed by atoms with Gasteiger partial charge in [0, 0.05) is 28.7 Å². The molecule has 1 aliphatic rings. The van der Waals surface area contributed by atoms with Gasteiger partial charge in [0.2, 0.25) is 6.54 Å². The summed E-state index contributed by atoms with van der Waals surface area (Å²) in [4.78, 5) is 15.4. The largest absolute Gasteiger partial charge is 0.265 e. The van der Waals surface area contributed by atoms with Crippen LogP contribution >= 0.6 is 11.3 Å². The maximum atomic E-state index is 10.7. The van der Waals surface area contributed by atoms with Gasteiger partial charge in [-0.1, -0.05) is 30.8 Å². The molecule has 0 N–H and O–H groups in total. The Hall–Kier alpha value is -2.79. The number of fused-ring (bicyclic) bond motifs is 1. The monoisotopic (exact) mass is 432 g/mol. The average Bonchev–Trinajstić information content (AvgIpc) is 3.12. The van der Waals surface area contributed by atoms with Crippen LogP contribution in [0.4, 0.5) is 0 Å². The van der Waals surface area contributed by atoms with E-state index in [1.807, 2.05) is 6.92 Å². The maximum Gasteiger partial charge on any atom is 0.207 e. The number of aryl methyl sites for hydroxylation is 3. The quantitative estimate of drug-likeness (QED) is 0.251. The number of thiazole rings is 1. The lowest BCUT2D eigenvalue weighted by atomic mass is 9.95. The summed E-state index contributed by atoms with van der Waals surface area (Å²) in [6.07, 6.45) is 5.91. The third-order valence-electron chi connectivity index (χ3n) is 6.19. The Labute approximate surface area is 187 Å². The van der Waals surface area contributed by atoms with Crippen LogP contribution in [0.5, 0.6) is 0 Å². The summed E-state index contributed by atoms with van der Waals surface area (Å²) in [5.74, 6) is 0. The van der Waals surface area contributed by atoms with Crippen molar-refractivity contribution in [3.63, 3.8) is 0 Å². The van der Waals surface area contributed by atoms with Crippen molar-refractivity contribution in [1.82, 2.24) is 4.98 Å². The highest BCUT2D eigenvalue weighted by atomic mass is 32.1. The molecule has 0 aliphatic heterocycles. The molecule has 1 aliphatic carbocycles. The van der Waals surface area contributed by atoms with E-state index in [2.05, 4.69) is 49.2 Å². The third kappa shape index (κ3) is 4.93. The number of benzene rings is 2. The molecule has 0 radical (unpaired) electrons. The van der Waals surface area contributed by atoms with Crippen LogP contribution < -0.4 is 0 Å². The number of aromatic nitrogens is 1. The smallest absolute Gasteiger partial charge is 0.207 e. The van der Waals surface area contributed by atoms with Crippen molar-refractivity contribution in [2.75, 3.05) is 6.54 Å². The lowest BCUT2D eigenvalue weighted by Crippen LogP contribution is -2.06. The molecule has 0 saturated carbocycles. The second-order valence-corrected chi connectivity index (χ2v) is 9.37. The fourth-order valence-electron chi connectivity index (χ4n) is 4.37. The highest BCUT2D eigenvalue weighted by Crippen LogP contribution is 2.33. The minimum absolute atomic E-state index is 0.0255. The Morgan fingerprint density at radius 2 is 1.84 bits per heavy atom. The topological polar surface area (TPSA) is 56.0 Å². The number of hydrogen-bond donors (Lipinski definition) is 0. The first-order valence-corrected chi connectivity index (χ1v) is 11.8. The van der Waals surface area contributed by atoms with Crippen LogP contribution in [0.25, 0.3) is 16.1 Å². The molecule has 0 fully saturated rings. The molecular weight excluding hydrogens is 404 g/mol. The minimum Gasteiger partial charge on any atom is -0.265 e.